The first-order valence-electron chi connectivity index (χ1n) is 9.59. The fourth-order valence-corrected chi connectivity index (χ4v) is 4.65. The molecule has 32 heavy (non-hydrogen) atoms. The van der Waals surface area contributed by atoms with Gasteiger partial charge in [-0.2, -0.15) is 0 Å². The van der Waals surface area contributed by atoms with Crippen molar-refractivity contribution in [3.05, 3.63) is 86.4 Å². The molecule has 1 aromatic carbocycles. The standard InChI is InChI=1S/C22H15F2IN6O/c1-11(30-9-15(25)18-20(26)27-10-28-21(18)30)19-17(12-3-2-4-13(23)7-12)22(32)31-8-14(24)5-6-16(31)29-19/h2-11H,1H3,(H2,26,27,28)/t11-/m0/s1. The normalized spacial score (nSPS) is 12.5. The number of benzene rings is 1. The predicted octanol–water partition coefficient (Wildman–Crippen LogP) is 4.18. The number of pyridine rings is 1. The van der Waals surface area contributed by atoms with Crippen LogP contribution in [0.15, 0.2) is 59.9 Å². The van der Waals surface area contributed by atoms with Crippen LogP contribution in [0.5, 0.6) is 0 Å². The van der Waals surface area contributed by atoms with Crippen LogP contribution in [0.1, 0.15) is 18.7 Å². The van der Waals surface area contributed by atoms with E-state index in [1.165, 1.54) is 36.7 Å². The van der Waals surface area contributed by atoms with Crippen molar-refractivity contribution >= 4 is 45.1 Å². The number of fused-ring (bicyclic) bond motifs is 2. The third-order valence-corrected chi connectivity index (χ3v) is 6.15. The predicted molar refractivity (Wildman–Crippen MR) is 125 cm³/mol. The van der Waals surface area contributed by atoms with Gasteiger partial charge in [0.25, 0.3) is 5.56 Å². The van der Waals surface area contributed by atoms with E-state index in [2.05, 4.69) is 37.5 Å². The second-order valence-corrected chi connectivity index (χ2v) is 8.44. The molecule has 0 unspecified atom stereocenters. The number of hydrogen-bond donors (Lipinski definition) is 1. The van der Waals surface area contributed by atoms with Crippen LogP contribution in [-0.2, 0) is 0 Å². The first kappa shape index (κ1) is 20.5. The minimum atomic E-state index is -0.578. The lowest BCUT2D eigenvalue weighted by molar-refractivity contribution is 0.613. The average molecular weight is 544 g/mol. The van der Waals surface area contributed by atoms with Crippen LogP contribution in [0.2, 0.25) is 0 Å². The SMILES string of the molecule is C[C@@H](c1nc2ccc(F)cn2c(=O)c1-c1cccc(F)c1)n1cc(I)c2c(N)ncnc21. The highest BCUT2D eigenvalue weighted by atomic mass is 127. The molecule has 0 aliphatic carbocycles. The van der Waals surface area contributed by atoms with Gasteiger partial charge in [-0.25, -0.2) is 23.7 Å². The Labute approximate surface area is 193 Å². The molecule has 0 aliphatic rings. The Hall–Kier alpha value is -3.41. The van der Waals surface area contributed by atoms with Gasteiger partial charge in [-0.1, -0.05) is 12.1 Å². The first-order valence-corrected chi connectivity index (χ1v) is 10.7. The Kier molecular flexibility index (Phi) is 4.88. The van der Waals surface area contributed by atoms with Crippen LogP contribution in [0.4, 0.5) is 14.6 Å². The van der Waals surface area contributed by atoms with E-state index in [9.17, 15) is 13.6 Å². The number of hydrogen-bond acceptors (Lipinski definition) is 5. The van der Waals surface area contributed by atoms with Gasteiger partial charge in [0.1, 0.15) is 35.1 Å². The molecule has 0 saturated carbocycles. The zero-order valence-corrected chi connectivity index (χ0v) is 18.8. The van der Waals surface area contributed by atoms with Gasteiger partial charge in [0.05, 0.1) is 22.7 Å². The average Bonchev–Trinajstić information content (AvgIpc) is 3.11. The van der Waals surface area contributed by atoms with Crippen LogP contribution in [0.3, 0.4) is 0 Å². The molecule has 10 heteroatoms. The quantitative estimate of drug-likeness (QED) is 0.345. The third kappa shape index (κ3) is 3.22. The van der Waals surface area contributed by atoms with Crippen molar-refractivity contribution in [1.29, 1.82) is 0 Å². The smallest absolute Gasteiger partial charge is 0.266 e. The van der Waals surface area contributed by atoms with E-state index >= 15 is 0 Å². The largest absolute Gasteiger partial charge is 0.383 e. The van der Waals surface area contributed by atoms with E-state index in [4.69, 9.17) is 5.73 Å². The molecule has 5 rings (SSSR count). The van der Waals surface area contributed by atoms with Crippen LogP contribution in [0, 0.1) is 15.2 Å². The fourth-order valence-electron chi connectivity index (χ4n) is 3.84. The molecule has 0 radical (unpaired) electrons. The van der Waals surface area contributed by atoms with Gasteiger partial charge in [-0.15, -0.1) is 0 Å². The lowest BCUT2D eigenvalue weighted by Gasteiger charge is -2.19. The minimum Gasteiger partial charge on any atom is -0.383 e. The summed E-state index contributed by atoms with van der Waals surface area (Å²) < 4.78 is 31.7. The number of anilines is 1. The number of aromatic nitrogens is 5. The maximum Gasteiger partial charge on any atom is 0.266 e. The molecule has 0 spiro atoms. The van der Waals surface area contributed by atoms with Crippen molar-refractivity contribution in [2.75, 3.05) is 5.73 Å². The Balaban J connectivity index is 1.84. The summed E-state index contributed by atoms with van der Waals surface area (Å²) in [6, 6.07) is 7.89. The van der Waals surface area contributed by atoms with Crippen molar-refractivity contribution in [3.63, 3.8) is 0 Å². The summed E-state index contributed by atoms with van der Waals surface area (Å²) >= 11 is 2.15. The number of nitrogens with zero attached hydrogens (tertiary/aromatic N) is 5. The van der Waals surface area contributed by atoms with Crippen molar-refractivity contribution < 1.29 is 8.78 Å². The van der Waals surface area contributed by atoms with E-state index in [0.717, 1.165) is 14.2 Å². The van der Waals surface area contributed by atoms with E-state index < -0.39 is 23.2 Å². The molecule has 7 nitrogen and oxygen atoms in total. The van der Waals surface area contributed by atoms with Crippen molar-refractivity contribution in [1.82, 2.24) is 23.9 Å². The van der Waals surface area contributed by atoms with E-state index in [-0.39, 0.29) is 11.2 Å². The van der Waals surface area contributed by atoms with Crippen LogP contribution < -0.4 is 11.3 Å². The molecule has 0 bridgehead atoms. The first-order chi connectivity index (χ1) is 15.3. The summed E-state index contributed by atoms with van der Waals surface area (Å²) in [6.45, 7) is 1.86. The molecule has 160 valence electrons. The maximum absolute atomic E-state index is 14.0. The van der Waals surface area contributed by atoms with E-state index in [0.29, 0.717) is 28.1 Å². The molecule has 4 aromatic heterocycles. The lowest BCUT2D eigenvalue weighted by atomic mass is 10.0. The molecule has 5 aromatic rings. The highest BCUT2D eigenvalue weighted by Gasteiger charge is 2.24. The summed E-state index contributed by atoms with van der Waals surface area (Å²) in [5.74, 6) is -0.727. The molecule has 1 atom stereocenters. The number of nitrogen functional groups attached to an aromatic ring is 1. The topological polar surface area (TPSA) is 91.1 Å². The molecule has 2 N–H and O–H groups in total. The van der Waals surface area contributed by atoms with Crippen LogP contribution in [0.25, 0.3) is 27.8 Å². The molecule has 0 saturated heterocycles. The van der Waals surface area contributed by atoms with Gasteiger partial charge >= 0.3 is 0 Å². The second-order valence-electron chi connectivity index (χ2n) is 7.28. The van der Waals surface area contributed by atoms with Crippen molar-refractivity contribution in [3.8, 4) is 11.1 Å². The highest BCUT2D eigenvalue weighted by molar-refractivity contribution is 14.1. The maximum atomic E-state index is 14.0. The fraction of sp³-hybridized carbons (Fsp3) is 0.0909. The molecule has 0 fully saturated rings. The second kappa shape index (κ2) is 7.62. The Morgan fingerprint density at radius 3 is 2.69 bits per heavy atom. The zero-order chi connectivity index (χ0) is 22.6. The number of rotatable bonds is 3. The number of nitrogens with two attached hydrogens (primary N) is 1. The third-order valence-electron chi connectivity index (χ3n) is 5.33. The summed E-state index contributed by atoms with van der Waals surface area (Å²) in [5, 5.41) is 0.701. The summed E-state index contributed by atoms with van der Waals surface area (Å²) in [4.78, 5) is 26.5. The van der Waals surface area contributed by atoms with E-state index in [1.54, 1.807) is 6.07 Å². The van der Waals surface area contributed by atoms with Gasteiger partial charge in [0, 0.05) is 16.0 Å². The zero-order valence-electron chi connectivity index (χ0n) is 16.6. The van der Waals surface area contributed by atoms with Crippen LogP contribution >= 0.6 is 22.6 Å². The Bertz CT molecular complexity index is 1580. The van der Waals surface area contributed by atoms with Gasteiger partial charge < -0.3 is 10.3 Å². The minimum absolute atomic E-state index is 0.180. The summed E-state index contributed by atoms with van der Waals surface area (Å²) in [7, 11) is 0. The molecule has 4 heterocycles. The number of halogens is 3. The van der Waals surface area contributed by atoms with Crippen molar-refractivity contribution in [2.45, 2.75) is 13.0 Å². The Morgan fingerprint density at radius 1 is 1.09 bits per heavy atom. The van der Waals surface area contributed by atoms with Crippen LogP contribution in [-0.4, -0.2) is 23.9 Å². The highest BCUT2D eigenvalue weighted by Crippen LogP contribution is 2.33. The molecular weight excluding hydrogens is 529 g/mol. The molecular formula is C22H15F2IN6O. The van der Waals surface area contributed by atoms with Gasteiger partial charge in [-0.05, 0) is 59.3 Å². The summed E-state index contributed by atoms with van der Waals surface area (Å²) in [6.07, 6.45) is 4.30. The molecule has 0 aliphatic heterocycles. The summed E-state index contributed by atoms with van der Waals surface area (Å²) in [5.41, 5.74) is 7.34. The van der Waals surface area contributed by atoms with Gasteiger partial charge in [0.2, 0.25) is 0 Å². The monoisotopic (exact) mass is 544 g/mol. The van der Waals surface area contributed by atoms with Crippen molar-refractivity contribution in [2.24, 2.45) is 0 Å². The van der Waals surface area contributed by atoms with E-state index in [1.807, 2.05) is 17.7 Å². The lowest BCUT2D eigenvalue weighted by Crippen LogP contribution is -2.23. The Morgan fingerprint density at radius 2 is 1.91 bits per heavy atom. The van der Waals surface area contributed by atoms with Gasteiger partial charge in [-0.3, -0.25) is 9.20 Å². The molecule has 0 amide bonds. The van der Waals surface area contributed by atoms with Gasteiger partial charge in [0.15, 0.2) is 0 Å².